The molecule has 1 aromatic carbocycles. The molecule has 0 heterocycles. The fourth-order valence-corrected chi connectivity index (χ4v) is 4.36. The third kappa shape index (κ3) is 3.95. The molecule has 1 aliphatic carbocycles. The molecule has 1 saturated carbocycles. The minimum absolute atomic E-state index is 0.148. The van der Waals surface area contributed by atoms with E-state index in [0.29, 0.717) is 11.1 Å². The van der Waals surface area contributed by atoms with E-state index in [1.54, 1.807) is 24.3 Å². The van der Waals surface area contributed by atoms with Gasteiger partial charge in [-0.1, -0.05) is 31.0 Å². The van der Waals surface area contributed by atoms with Gasteiger partial charge in [-0.15, -0.1) is 11.6 Å². The third-order valence-corrected chi connectivity index (χ3v) is 5.37. The van der Waals surface area contributed by atoms with E-state index < -0.39 is 10.0 Å². The van der Waals surface area contributed by atoms with Gasteiger partial charge in [-0.3, -0.25) is 0 Å². The van der Waals surface area contributed by atoms with Crippen molar-refractivity contribution >= 4 is 21.6 Å². The van der Waals surface area contributed by atoms with Gasteiger partial charge in [-0.05, 0) is 24.5 Å². The summed E-state index contributed by atoms with van der Waals surface area (Å²) in [5, 5.41) is 8.84. The molecule has 1 N–H and O–H groups in total. The van der Waals surface area contributed by atoms with Gasteiger partial charge in [0.2, 0.25) is 10.0 Å². The highest BCUT2D eigenvalue weighted by atomic mass is 35.5. The zero-order chi connectivity index (χ0) is 14.6. The van der Waals surface area contributed by atoms with Gasteiger partial charge in [0.1, 0.15) is 0 Å². The lowest BCUT2D eigenvalue weighted by molar-refractivity contribution is 0.418. The van der Waals surface area contributed by atoms with Crippen LogP contribution in [0.25, 0.3) is 0 Å². The number of hydrogen-bond donors (Lipinski definition) is 1. The minimum Gasteiger partial charge on any atom is -0.212 e. The number of halogens is 1. The van der Waals surface area contributed by atoms with E-state index in [0.717, 1.165) is 25.7 Å². The van der Waals surface area contributed by atoms with Crippen molar-refractivity contribution < 1.29 is 8.42 Å². The van der Waals surface area contributed by atoms with E-state index in [1.165, 1.54) is 0 Å². The molecule has 2 rings (SSSR count). The Morgan fingerprint density at radius 3 is 2.70 bits per heavy atom. The Morgan fingerprint density at radius 2 is 2.00 bits per heavy atom. The van der Waals surface area contributed by atoms with Crippen LogP contribution in [0.2, 0.25) is 0 Å². The Hall–Kier alpha value is -1.09. The summed E-state index contributed by atoms with van der Waals surface area (Å²) in [5.74, 6) is -0.184. The molecule has 2 unspecified atom stereocenters. The molecule has 0 amide bonds. The van der Waals surface area contributed by atoms with Crippen LogP contribution in [0.4, 0.5) is 0 Å². The lowest BCUT2D eigenvalue weighted by atomic mass is 9.96. The summed E-state index contributed by atoms with van der Waals surface area (Å²) < 4.78 is 27.1. The number of nitrogens with one attached hydrogen (secondary N) is 1. The maximum Gasteiger partial charge on any atom is 0.216 e. The lowest BCUT2D eigenvalue weighted by Gasteiger charge is -2.27. The summed E-state index contributed by atoms with van der Waals surface area (Å²) in [6.45, 7) is 0. The molecule has 1 aromatic rings. The molecule has 1 fully saturated rings. The molecule has 0 bridgehead atoms. The second-order valence-corrected chi connectivity index (χ2v) is 7.37. The van der Waals surface area contributed by atoms with Crippen LogP contribution in [-0.4, -0.2) is 19.8 Å². The molecule has 0 aliphatic heterocycles. The molecule has 2 atom stereocenters. The minimum atomic E-state index is -3.49. The second kappa shape index (κ2) is 6.57. The highest BCUT2D eigenvalue weighted by Gasteiger charge is 2.27. The van der Waals surface area contributed by atoms with Crippen molar-refractivity contribution in [3.05, 3.63) is 35.4 Å². The SMILES string of the molecule is N#Cc1ccccc1CS(=O)(=O)NC1CCCCC1Cl. The van der Waals surface area contributed by atoms with Gasteiger partial charge in [-0.2, -0.15) is 5.26 Å². The molecule has 20 heavy (non-hydrogen) atoms. The zero-order valence-electron chi connectivity index (χ0n) is 11.0. The standard InChI is InChI=1S/C14H17ClN2O2S/c15-13-7-3-4-8-14(13)17-20(18,19)10-12-6-2-1-5-11(12)9-16/h1-2,5-6,13-14,17H,3-4,7-8,10H2. The maximum absolute atomic E-state index is 12.2. The largest absolute Gasteiger partial charge is 0.216 e. The van der Waals surface area contributed by atoms with Gasteiger partial charge in [0.05, 0.1) is 17.4 Å². The Bertz CT molecular complexity index is 610. The van der Waals surface area contributed by atoms with Crippen molar-refractivity contribution in [3.8, 4) is 6.07 Å². The van der Waals surface area contributed by atoms with Crippen LogP contribution < -0.4 is 4.72 Å². The third-order valence-electron chi connectivity index (χ3n) is 3.50. The second-order valence-electron chi connectivity index (χ2n) is 5.05. The quantitative estimate of drug-likeness (QED) is 0.868. The van der Waals surface area contributed by atoms with Gasteiger partial charge < -0.3 is 0 Å². The fraction of sp³-hybridized carbons (Fsp3) is 0.500. The number of benzene rings is 1. The number of sulfonamides is 1. The molecular weight excluding hydrogens is 296 g/mol. The smallest absolute Gasteiger partial charge is 0.212 e. The van der Waals surface area contributed by atoms with Gasteiger partial charge >= 0.3 is 0 Å². The predicted molar refractivity (Wildman–Crippen MR) is 78.8 cm³/mol. The van der Waals surface area contributed by atoms with E-state index in [9.17, 15) is 8.42 Å². The molecule has 0 spiro atoms. The summed E-state index contributed by atoms with van der Waals surface area (Å²) in [5.41, 5.74) is 0.911. The van der Waals surface area contributed by atoms with Gasteiger partial charge in [0.15, 0.2) is 0 Å². The average molecular weight is 313 g/mol. The van der Waals surface area contributed by atoms with Crippen LogP contribution in [-0.2, 0) is 15.8 Å². The highest BCUT2D eigenvalue weighted by Crippen LogP contribution is 2.24. The van der Waals surface area contributed by atoms with E-state index in [2.05, 4.69) is 4.72 Å². The topological polar surface area (TPSA) is 70.0 Å². The van der Waals surface area contributed by atoms with Crippen molar-refractivity contribution in [3.63, 3.8) is 0 Å². The summed E-state index contributed by atoms with van der Waals surface area (Å²) in [6.07, 6.45) is 3.64. The van der Waals surface area contributed by atoms with Crippen molar-refractivity contribution in [2.24, 2.45) is 0 Å². The number of nitrogens with zero attached hydrogens (tertiary/aromatic N) is 1. The van der Waals surface area contributed by atoms with Crippen LogP contribution in [0.1, 0.15) is 36.8 Å². The number of nitriles is 1. The molecule has 0 aromatic heterocycles. The summed E-state index contributed by atoms with van der Waals surface area (Å²) in [4.78, 5) is 0. The fourth-order valence-electron chi connectivity index (χ4n) is 2.45. The van der Waals surface area contributed by atoms with Crippen LogP contribution in [0.5, 0.6) is 0 Å². The first kappa shape index (κ1) is 15.3. The molecule has 4 nitrogen and oxygen atoms in total. The summed E-state index contributed by atoms with van der Waals surface area (Å²) >= 11 is 6.17. The van der Waals surface area contributed by atoms with Crippen LogP contribution in [0.3, 0.4) is 0 Å². The monoisotopic (exact) mass is 312 g/mol. The first-order valence-corrected chi connectivity index (χ1v) is 8.73. The highest BCUT2D eigenvalue weighted by molar-refractivity contribution is 7.88. The molecule has 6 heteroatoms. The molecule has 108 valence electrons. The van der Waals surface area contributed by atoms with E-state index in [1.807, 2.05) is 6.07 Å². The number of rotatable bonds is 4. The van der Waals surface area contributed by atoms with Gasteiger partial charge in [-0.25, -0.2) is 13.1 Å². The Kier molecular flexibility index (Phi) is 5.03. The van der Waals surface area contributed by atoms with E-state index in [-0.39, 0.29) is 17.2 Å². The zero-order valence-corrected chi connectivity index (χ0v) is 12.6. The first-order chi connectivity index (χ1) is 9.52. The molecular formula is C14H17ClN2O2S. The Labute approximate surface area is 124 Å². The first-order valence-electron chi connectivity index (χ1n) is 6.64. The summed E-state index contributed by atoms with van der Waals surface area (Å²) in [6, 6.07) is 8.55. The van der Waals surface area contributed by atoms with Gasteiger partial charge in [0, 0.05) is 11.4 Å². The normalized spacial score (nSPS) is 23.2. The van der Waals surface area contributed by atoms with Gasteiger partial charge in [0.25, 0.3) is 0 Å². The maximum atomic E-state index is 12.2. The van der Waals surface area contributed by atoms with Crippen LogP contribution >= 0.6 is 11.6 Å². The van der Waals surface area contributed by atoms with Crippen molar-refractivity contribution in [1.29, 1.82) is 5.26 Å². The molecule has 0 radical (unpaired) electrons. The molecule has 0 saturated heterocycles. The summed E-state index contributed by atoms with van der Waals surface area (Å²) in [7, 11) is -3.49. The Balaban J connectivity index is 2.09. The average Bonchev–Trinajstić information content (AvgIpc) is 2.41. The van der Waals surface area contributed by atoms with Crippen LogP contribution in [0.15, 0.2) is 24.3 Å². The predicted octanol–water partition coefficient (Wildman–Crippen LogP) is 2.53. The van der Waals surface area contributed by atoms with E-state index >= 15 is 0 Å². The Morgan fingerprint density at radius 1 is 1.30 bits per heavy atom. The number of alkyl halides is 1. The number of hydrogen-bond acceptors (Lipinski definition) is 3. The molecule has 1 aliphatic rings. The lowest BCUT2D eigenvalue weighted by Crippen LogP contribution is -2.43. The van der Waals surface area contributed by atoms with Crippen LogP contribution in [0, 0.1) is 11.3 Å². The van der Waals surface area contributed by atoms with Crippen molar-refractivity contribution in [2.45, 2.75) is 42.9 Å². The van der Waals surface area contributed by atoms with Crippen molar-refractivity contribution in [2.75, 3.05) is 0 Å². The van der Waals surface area contributed by atoms with Crippen molar-refractivity contribution in [1.82, 2.24) is 4.72 Å². The van der Waals surface area contributed by atoms with E-state index in [4.69, 9.17) is 16.9 Å².